The van der Waals surface area contributed by atoms with E-state index in [1.54, 1.807) is 12.1 Å². The third-order valence-corrected chi connectivity index (χ3v) is 3.79. The standard InChI is InChI=1S/C16H26FNO/c1-4-16(3,10-11-19)18-13(2)8-9-14-6-5-7-15(17)12-14/h5-7,12-13,18-19H,4,8-11H2,1-3H3. The van der Waals surface area contributed by atoms with E-state index >= 15 is 0 Å². The van der Waals surface area contributed by atoms with Crippen molar-refractivity contribution in [3.05, 3.63) is 35.6 Å². The zero-order chi connectivity index (χ0) is 14.3. The van der Waals surface area contributed by atoms with Gasteiger partial charge in [-0.2, -0.15) is 0 Å². The molecule has 0 aromatic heterocycles. The molecule has 0 radical (unpaired) electrons. The maximum Gasteiger partial charge on any atom is 0.123 e. The van der Waals surface area contributed by atoms with Crippen LogP contribution in [0.25, 0.3) is 0 Å². The van der Waals surface area contributed by atoms with E-state index in [1.165, 1.54) is 6.07 Å². The summed E-state index contributed by atoms with van der Waals surface area (Å²) in [7, 11) is 0. The third-order valence-electron chi connectivity index (χ3n) is 3.79. The highest BCUT2D eigenvalue weighted by Crippen LogP contribution is 2.16. The van der Waals surface area contributed by atoms with Gasteiger partial charge in [-0.1, -0.05) is 19.1 Å². The van der Waals surface area contributed by atoms with E-state index in [0.29, 0.717) is 6.04 Å². The van der Waals surface area contributed by atoms with Gasteiger partial charge < -0.3 is 10.4 Å². The Bertz CT molecular complexity index is 383. The van der Waals surface area contributed by atoms with Crippen LogP contribution in [0.1, 0.15) is 45.6 Å². The van der Waals surface area contributed by atoms with Gasteiger partial charge in [-0.3, -0.25) is 0 Å². The summed E-state index contributed by atoms with van der Waals surface area (Å²) < 4.78 is 13.1. The van der Waals surface area contributed by atoms with Gasteiger partial charge in [-0.15, -0.1) is 0 Å². The number of benzene rings is 1. The highest BCUT2D eigenvalue weighted by Gasteiger charge is 2.22. The van der Waals surface area contributed by atoms with Gasteiger partial charge >= 0.3 is 0 Å². The van der Waals surface area contributed by atoms with Crippen molar-refractivity contribution in [1.82, 2.24) is 5.32 Å². The Morgan fingerprint density at radius 2 is 2.16 bits per heavy atom. The minimum atomic E-state index is -0.170. The van der Waals surface area contributed by atoms with Crippen molar-refractivity contribution in [3.63, 3.8) is 0 Å². The summed E-state index contributed by atoms with van der Waals surface area (Å²) in [6, 6.07) is 7.13. The molecule has 1 rings (SSSR count). The SMILES string of the molecule is CCC(C)(CCO)NC(C)CCc1cccc(F)c1. The maximum atomic E-state index is 13.1. The van der Waals surface area contributed by atoms with E-state index in [2.05, 4.69) is 26.1 Å². The molecule has 2 unspecified atom stereocenters. The Balaban J connectivity index is 2.44. The van der Waals surface area contributed by atoms with E-state index in [1.807, 2.05) is 6.07 Å². The van der Waals surface area contributed by atoms with Crippen LogP contribution in [0.4, 0.5) is 4.39 Å². The van der Waals surface area contributed by atoms with Crippen molar-refractivity contribution in [2.75, 3.05) is 6.61 Å². The van der Waals surface area contributed by atoms with E-state index in [-0.39, 0.29) is 18.0 Å². The summed E-state index contributed by atoms with van der Waals surface area (Å²) in [6.07, 6.45) is 3.57. The predicted molar refractivity (Wildman–Crippen MR) is 77.7 cm³/mol. The van der Waals surface area contributed by atoms with Crippen molar-refractivity contribution in [1.29, 1.82) is 0 Å². The fourth-order valence-corrected chi connectivity index (χ4v) is 2.34. The van der Waals surface area contributed by atoms with Crippen molar-refractivity contribution < 1.29 is 9.50 Å². The molecule has 2 N–H and O–H groups in total. The highest BCUT2D eigenvalue weighted by atomic mass is 19.1. The van der Waals surface area contributed by atoms with Gasteiger partial charge in [0.25, 0.3) is 0 Å². The molecular weight excluding hydrogens is 241 g/mol. The molecule has 0 bridgehead atoms. The molecule has 108 valence electrons. The van der Waals surface area contributed by atoms with Crippen molar-refractivity contribution in [3.8, 4) is 0 Å². The molecule has 2 nitrogen and oxygen atoms in total. The van der Waals surface area contributed by atoms with Gasteiger partial charge in [0.05, 0.1) is 0 Å². The molecule has 1 aromatic carbocycles. The van der Waals surface area contributed by atoms with E-state index < -0.39 is 0 Å². The quantitative estimate of drug-likeness (QED) is 0.757. The normalized spacial score (nSPS) is 16.1. The molecular formula is C16H26FNO. The van der Waals surface area contributed by atoms with Crippen molar-refractivity contribution in [2.45, 2.75) is 58.0 Å². The molecule has 1 aromatic rings. The molecule has 2 atom stereocenters. The number of hydrogen-bond donors (Lipinski definition) is 2. The Labute approximate surface area is 116 Å². The predicted octanol–water partition coefficient (Wildman–Crippen LogP) is 3.29. The first-order valence-electron chi connectivity index (χ1n) is 7.12. The van der Waals surface area contributed by atoms with Crippen LogP contribution >= 0.6 is 0 Å². The number of aryl methyl sites for hydroxylation is 1. The lowest BCUT2D eigenvalue weighted by atomic mass is 9.93. The number of aliphatic hydroxyl groups is 1. The summed E-state index contributed by atoms with van der Waals surface area (Å²) in [5.41, 5.74) is 1.02. The molecule has 0 saturated heterocycles. The highest BCUT2D eigenvalue weighted by molar-refractivity contribution is 5.16. The van der Waals surface area contributed by atoms with E-state index in [9.17, 15) is 4.39 Å². The summed E-state index contributed by atoms with van der Waals surface area (Å²) in [6.45, 7) is 6.61. The lowest BCUT2D eigenvalue weighted by molar-refractivity contribution is 0.202. The number of rotatable bonds is 8. The Hall–Kier alpha value is -0.930. The summed E-state index contributed by atoms with van der Waals surface area (Å²) in [5.74, 6) is -0.170. The van der Waals surface area contributed by atoms with Crippen LogP contribution in [0.3, 0.4) is 0 Å². The first-order valence-corrected chi connectivity index (χ1v) is 7.12. The second-order valence-corrected chi connectivity index (χ2v) is 5.60. The largest absolute Gasteiger partial charge is 0.396 e. The summed E-state index contributed by atoms with van der Waals surface area (Å²) >= 11 is 0. The minimum absolute atomic E-state index is 0.0178. The number of halogens is 1. The average Bonchev–Trinajstić information content (AvgIpc) is 2.37. The molecule has 0 fully saturated rings. The molecule has 0 spiro atoms. The average molecular weight is 267 g/mol. The fraction of sp³-hybridized carbons (Fsp3) is 0.625. The van der Waals surface area contributed by atoms with Gasteiger partial charge in [0.1, 0.15) is 5.82 Å². The topological polar surface area (TPSA) is 32.3 Å². The molecule has 0 aliphatic carbocycles. The van der Waals surface area contributed by atoms with Gasteiger partial charge in [-0.25, -0.2) is 4.39 Å². The van der Waals surface area contributed by atoms with Gasteiger partial charge in [0.15, 0.2) is 0 Å². The minimum Gasteiger partial charge on any atom is -0.396 e. The van der Waals surface area contributed by atoms with E-state index in [0.717, 1.165) is 31.2 Å². The van der Waals surface area contributed by atoms with Crippen LogP contribution in [0, 0.1) is 5.82 Å². The second kappa shape index (κ2) is 7.61. The van der Waals surface area contributed by atoms with Gasteiger partial charge in [0, 0.05) is 18.2 Å². The number of nitrogens with one attached hydrogen (secondary N) is 1. The Morgan fingerprint density at radius 3 is 2.74 bits per heavy atom. The zero-order valence-corrected chi connectivity index (χ0v) is 12.2. The van der Waals surface area contributed by atoms with Crippen molar-refractivity contribution >= 4 is 0 Å². The van der Waals surface area contributed by atoms with Gasteiger partial charge in [0.2, 0.25) is 0 Å². The molecule has 0 saturated carbocycles. The molecule has 0 amide bonds. The lowest BCUT2D eigenvalue weighted by Gasteiger charge is -2.33. The lowest BCUT2D eigenvalue weighted by Crippen LogP contribution is -2.47. The van der Waals surface area contributed by atoms with Crippen LogP contribution in [0.5, 0.6) is 0 Å². The first-order chi connectivity index (χ1) is 8.99. The first kappa shape index (κ1) is 16.1. The molecule has 19 heavy (non-hydrogen) atoms. The number of hydrogen-bond acceptors (Lipinski definition) is 2. The molecule has 0 heterocycles. The van der Waals surface area contributed by atoms with Crippen LogP contribution in [0.2, 0.25) is 0 Å². The third kappa shape index (κ3) is 5.70. The van der Waals surface area contributed by atoms with Crippen molar-refractivity contribution in [2.24, 2.45) is 0 Å². The molecule has 0 aliphatic rings. The van der Waals surface area contributed by atoms with Crippen LogP contribution in [-0.2, 0) is 6.42 Å². The summed E-state index contributed by atoms with van der Waals surface area (Å²) in [5, 5.41) is 12.7. The molecule has 0 aliphatic heterocycles. The van der Waals surface area contributed by atoms with Crippen LogP contribution in [0.15, 0.2) is 24.3 Å². The van der Waals surface area contributed by atoms with E-state index in [4.69, 9.17) is 5.11 Å². The Morgan fingerprint density at radius 1 is 1.42 bits per heavy atom. The smallest absolute Gasteiger partial charge is 0.123 e. The summed E-state index contributed by atoms with van der Waals surface area (Å²) in [4.78, 5) is 0. The van der Waals surface area contributed by atoms with Crippen LogP contribution in [-0.4, -0.2) is 23.3 Å². The second-order valence-electron chi connectivity index (χ2n) is 5.60. The van der Waals surface area contributed by atoms with Crippen LogP contribution < -0.4 is 5.32 Å². The van der Waals surface area contributed by atoms with Gasteiger partial charge in [-0.05, 0) is 57.2 Å². The number of aliphatic hydroxyl groups excluding tert-OH is 1. The maximum absolute atomic E-state index is 13.1. The Kier molecular flexibility index (Phi) is 6.46. The fourth-order valence-electron chi connectivity index (χ4n) is 2.34. The monoisotopic (exact) mass is 267 g/mol. The zero-order valence-electron chi connectivity index (χ0n) is 12.2. The molecule has 3 heteroatoms.